The molecule has 1 fully saturated rings. The van der Waals surface area contributed by atoms with Crippen LogP contribution >= 0.6 is 15.9 Å². The molecule has 7 heteroatoms. The number of fused-ring (bicyclic) bond motifs is 2. The zero-order chi connectivity index (χ0) is 21.4. The van der Waals surface area contributed by atoms with Crippen LogP contribution in [0.1, 0.15) is 34.1 Å². The summed E-state index contributed by atoms with van der Waals surface area (Å²) in [6.07, 6.45) is 0.820. The van der Waals surface area contributed by atoms with Gasteiger partial charge in [0, 0.05) is 30.7 Å². The number of hydrogen-bond acceptors (Lipinski definition) is 5. The van der Waals surface area contributed by atoms with Crippen LogP contribution in [0.25, 0.3) is 11.0 Å². The van der Waals surface area contributed by atoms with E-state index in [0.717, 1.165) is 49.3 Å². The molecular weight excluding hydrogens is 460 g/mol. The van der Waals surface area contributed by atoms with Crippen molar-refractivity contribution in [2.45, 2.75) is 12.5 Å². The van der Waals surface area contributed by atoms with E-state index in [9.17, 15) is 9.59 Å². The first-order chi connectivity index (χ1) is 15.1. The van der Waals surface area contributed by atoms with Gasteiger partial charge in [-0.05, 0) is 36.2 Å². The van der Waals surface area contributed by atoms with Crippen molar-refractivity contribution >= 4 is 32.8 Å². The molecule has 0 bridgehead atoms. The maximum absolute atomic E-state index is 13.4. The van der Waals surface area contributed by atoms with Crippen LogP contribution in [-0.2, 0) is 4.74 Å². The van der Waals surface area contributed by atoms with Gasteiger partial charge in [-0.15, -0.1) is 0 Å². The van der Waals surface area contributed by atoms with Gasteiger partial charge >= 0.3 is 0 Å². The second kappa shape index (κ2) is 8.57. The fourth-order valence-electron chi connectivity index (χ4n) is 4.48. The van der Waals surface area contributed by atoms with Crippen molar-refractivity contribution in [3.8, 4) is 0 Å². The van der Waals surface area contributed by atoms with Crippen LogP contribution in [0.2, 0.25) is 0 Å². The molecule has 1 atom stereocenters. The first kappa shape index (κ1) is 20.4. The van der Waals surface area contributed by atoms with Gasteiger partial charge < -0.3 is 14.1 Å². The maximum Gasteiger partial charge on any atom is 0.290 e. The van der Waals surface area contributed by atoms with E-state index in [0.29, 0.717) is 23.1 Å². The van der Waals surface area contributed by atoms with Crippen molar-refractivity contribution < 1.29 is 13.9 Å². The number of benzene rings is 2. The number of hydrogen-bond donors (Lipinski definition) is 0. The lowest BCUT2D eigenvalue weighted by Gasteiger charge is -2.29. The molecule has 3 aromatic rings. The molecular formula is C24H23BrN2O4. The Bertz CT molecular complexity index is 1170. The van der Waals surface area contributed by atoms with Crippen molar-refractivity contribution in [1.82, 2.24) is 9.80 Å². The summed E-state index contributed by atoms with van der Waals surface area (Å²) >= 11 is 3.47. The van der Waals surface area contributed by atoms with E-state index < -0.39 is 6.04 Å². The summed E-state index contributed by atoms with van der Waals surface area (Å²) in [5.74, 6) is -0.0456. The highest BCUT2D eigenvalue weighted by Gasteiger charge is 2.42. The van der Waals surface area contributed by atoms with Gasteiger partial charge in [0.05, 0.1) is 30.2 Å². The van der Waals surface area contributed by atoms with Gasteiger partial charge in [-0.3, -0.25) is 14.5 Å². The summed E-state index contributed by atoms with van der Waals surface area (Å²) in [5.41, 5.74) is 1.67. The molecule has 3 heterocycles. The molecule has 1 aromatic heterocycles. The zero-order valence-electron chi connectivity index (χ0n) is 17.1. The lowest BCUT2D eigenvalue weighted by molar-refractivity contribution is 0.0353. The number of ether oxygens (including phenoxy) is 1. The Balaban J connectivity index is 1.52. The van der Waals surface area contributed by atoms with Gasteiger partial charge in [0.25, 0.3) is 5.91 Å². The fourth-order valence-corrected chi connectivity index (χ4v) is 4.74. The monoisotopic (exact) mass is 482 g/mol. The standard InChI is InChI=1S/C24H23BrN2O4/c25-17-8-6-16(7-9-17)21-20-22(28)18-4-1-2-5-19(18)31-23(20)24(29)27(21)11-3-10-26-12-14-30-15-13-26/h1-2,4-9,21H,3,10-15H2/t21-/m0/s1. The summed E-state index contributed by atoms with van der Waals surface area (Å²) in [6, 6.07) is 14.5. The molecule has 2 aliphatic heterocycles. The van der Waals surface area contributed by atoms with Gasteiger partial charge in [-0.1, -0.05) is 40.2 Å². The predicted octanol–water partition coefficient (Wildman–Crippen LogP) is 3.82. The Morgan fingerprint density at radius 1 is 0.968 bits per heavy atom. The molecule has 1 amide bonds. The van der Waals surface area contributed by atoms with Crippen molar-refractivity contribution in [3.63, 3.8) is 0 Å². The lowest BCUT2D eigenvalue weighted by atomic mass is 9.98. The van der Waals surface area contributed by atoms with Gasteiger partial charge in [0.15, 0.2) is 5.43 Å². The van der Waals surface area contributed by atoms with Crippen LogP contribution in [0.4, 0.5) is 0 Å². The molecule has 0 radical (unpaired) electrons. The van der Waals surface area contributed by atoms with Crippen LogP contribution in [0.3, 0.4) is 0 Å². The summed E-state index contributed by atoms with van der Waals surface area (Å²) < 4.78 is 12.3. The Kier molecular flexibility index (Phi) is 5.65. The third kappa shape index (κ3) is 3.82. The second-order valence-corrected chi connectivity index (χ2v) is 8.85. The molecule has 0 saturated carbocycles. The van der Waals surface area contributed by atoms with E-state index in [1.54, 1.807) is 17.0 Å². The molecule has 5 rings (SSSR count). The van der Waals surface area contributed by atoms with E-state index in [1.165, 1.54) is 0 Å². The van der Waals surface area contributed by atoms with E-state index in [4.69, 9.17) is 9.15 Å². The molecule has 0 unspecified atom stereocenters. The first-order valence-electron chi connectivity index (χ1n) is 10.6. The Hall–Kier alpha value is -2.48. The number of rotatable bonds is 5. The van der Waals surface area contributed by atoms with Crippen LogP contribution in [0, 0.1) is 0 Å². The molecule has 160 valence electrons. The number of halogens is 1. The fraction of sp³-hybridized carbons (Fsp3) is 0.333. The minimum absolute atomic E-state index is 0.131. The van der Waals surface area contributed by atoms with Gasteiger partial charge in [-0.25, -0.2) is 0 Å². The Morgan fingerprint density at radius 2 is 1.71 bits per heavy atom. The average molecular weight is 483 g/mol. The van der Waals surface area contributed by atoms with Crippen molar-refractivity contribution in [3.05, 3.63) is 80.1 Å². The minimum atomic E-state index is -0.443. The van der Waals surface area contributed by atoms with Crippen LogP contribution in [0.5, 0.6) is 0 Å². The smallest absolute Gasteiger partial charge is 0.290 e. The normalized spacial score (nSPS) is 19.2. The molecule has 6 nitrogen and oxygen atoms in total. The third-order valence-electron chi connectivity index (χ3n) is 6.04. The lowest BCUT2D eigenvalue weighted by Crippen LogP contribution is -2.38. The molecule has 1 saturated heterocycles. The third-order valence-corrected chi connectivity index (χ3v) is 6.56. The molecule has 2 aromatic carbocycles. The highest BCUT2D eigenvalue weighted by molar-refractivity contribution is 9.10. The van der Waals surface area contributed by atoms with E-state index in [1.807, 2.05) is 36.4 Å². The average Bonchev–Trinajstić information content (AvgIpc) is 3.07. The molecule has 31 heavy (non-hydrogen) atoms. The number of morpholine rings is 1. The van der Waals surface area contributed by atoms with Crippen LogP contribution in [-0.4, -0.2) is 55.1 Å². The van der Waals surface area contributed by atoms with Gasteiger partial charge in [0.2, 0.25) is 5.76 Å². The van der Waals surface area contributed by atoms with Crippen LogP contribution in [0.15, 0.2) is 62.2 Å². The Labute approximate surface area is 188 Å². The maximum atomic E-state index is 13.4. The highest BCUT2D eigenvalue weighted by atomic mass is 79.9. The summed E-state index contributed by atoms with van der Waals surface area (Å²) in [6.45, 7) is 4.77. The second-order valence-electron chi connectivity index (χ2n) is 7.93. The summed E-state index contributed by atoms with van der Waals surface area (Å²) in [7, 11) is 0. The molecule has 0 spiro atoms. The van der Waals surface area contributed by atoms with Gasteiger partial charge in [-0.2, -0.15) is 0 Å². The van der Waals surface area contributed by atoms with E-state index in [-0.39, 0.29) is 17.1 Å². The molecule has 2 aliphatic rings. The summed E-state index contributed by atoms with van der Waals surface area (Å²) in [5, 5.41) is 0.506. The van der Waals surface area contributed by atoms with Crippen molar-refractivity contribution in [1.29, 1.82) is 0 Å². The number of carbonyl (C=O) groups is 1. The molecule has 0 aliphatic carbocycles. The zero-order valence-corrected chi connectivity index (χ0v) is 18.6. The number of nitrogens with zero attached hydrogens (tertiary/aromatic N) is 2. The number of para-hydroxylation sites is 1. The SMILES string of the molecule is O=C1c2oc3ccccc3c(=O)c2[C@H](c2ccc(Br)cc2)N1CCCN1CCOCC1. The Morgan fingerprint density at radius 3 is 2.48 bits per heavy atom. The van der Waals surface area contributed by atoms with Crippen molar-refractivity contribution in [2.75, 3.05) is 39.4 Å². The number of amides is 1. The molecule has 0 N–H and O–H groups in total. The first-order valence-corrected chi connectivity index (χ1v) is 11.3. The highest BCUT2D eigenvalue weighted by Crippen LogP contribution is 2.38. The largest absolute Gasteiger partial charge is 0.450 e. The van der Waals surface area contributed by atoms with Crippen molar-refractivity contribution in [2.24, 2.45) is 0 Å². The van der Waals surface area contributed by atoms with E-state index >= 15 is 0 Å². The summed E-state index contributed by atoms with van der Waals surface area (Å²) in [4.78, 5) is 30.9. The van der Waals surface area contributed by atoms with E-state index in [2.05, 4.69) is 20.8 Å². The predicted molar refractivity (Wildman–Crippen MR) is 121 cm³/mol. The quantitative estimate of drug-likeness (QED) is 0.552. The van der Waals surface area contributed by atoms with Gasteiger partial charge in [0.1, 0.15) is 5.58 Å². The topological polar surface area (TPSA) is 63.0 Å². The number of carbonyl (C=O) groups excluding carboxylic acids is 1. The minimum Gasteiger partial charge on any atom is -0.450 e. The van der Waals surface area contributed by atoms with Crippen LogP contribution < -0.4 is 5.43 Å².